The van der Waals surface area contributed by atoms with Gasteiger partial charge in [-0.3, -0.25) is 9.78 Å². The SMILES string of the molecule is O=C(NC(c1cccnc1)C(F)(F)F)c1[nH]c(C2CC2)[n+]2ccccc12. The minimum absolute atomic E-state index is 0.112. The first-order valence-electron chi connectivity index (χ1n) is 8.25. The highest BCUT2D eigenvalue weighted by molar-refractivity contribution is 5.98. The second-order valence-corrected chi connectivity index (χ2v) is 6.35. The summed E-state index contributed by atoms with van der Waals surface area (Å²) in [5, 5.41) is 2.11. The van der Waals surface area contributed by atoms with Gasteiger partial charge in [-0.1, -0.05) is 12.1 Å². The van der Waals surface area contributed by atoms with Gasteiger partial charge >= 0.3 is 6.18 Å². The fourth-order valence-corrected chi connectivity index (χ4v) is 3.04. The average molecular weight is 361 g/mol. The zero-order valence-electron chi connectivity index (χ0n) is 13.6. The van der Waals surface area contributed by atoms with E-state index in [9.17, 15) is 18.0 Å². The number of nitrogens with one attached hydrogen (secondary N) is 2. The predicted octanol–water partition coefficient (Wildman–Crippen LogP) is 3.06. The largest absolute Gasteiger partial charge is 0.412 e. The molecular weight excluding hydrogens is 345 g/mol. The Morgan fingerprint density at radius 1 is 1.27 bits per heavy atom. The molecule has 0 spiro atoms. The second kappa shape index (κ2) is 6.12. The van der Waals surface area contributed by atoms with Gasteiger partial charge in [-0.15, -0.1) is 0 Å². The van der Waals surface area contributed by atoms with Gasteiger partial charge < -0.3 is 5.32 Å². The normalized spacial score (nSPS) is 15.8. The Labute approximate surface area is 146 Å². The molecule has 1 amide bonds. The van der Waals surface area contributed by atoms with Crippen LogP contribution in [-0.2, 0) is 0 Å². The second-order valence-electron chi connectivity index (χ2n) is 6.35. The molecular formula is C18H16F3N4O+. The molecule has 134 valence electrons. The number of amides is 1. The van der Waals surface area contributed by atoms with Crippen LogP contribution in [-0.4, -0.2) is 22.1 Å². The molecule has 1 fully saturated rings. The quantitative estimate of drug-likeness (QED) is 0.702. The summed E-state index contributed by atoms with van der Waals surface area (Å²) in [6, 6.07) is 5.86. The van der Waals surface area contributed by atoms with Gasteiger partial charge in [0.2, 0.25) is 5.69 Å². The van der Waals surface area contributed by atoms with Crippen LogP contribution in [0.2, 0.25) is 0 Å². The number of aromatic amines is 1. The van der Waals surface area contributed by atoms with Crippen molar-refractivity contribution in [2.24, 2.45) is 0 Å². The van der Waals surface area contributed by atoms with Crippen LogP contribution < -0.4 is 9.72 Å². The molecule has 26 heavy (non-hydrogen) atoms. The van der Waals surface area contributed by atoms with Gasteiger partial charge in [0.05, 0.1) is 12.1 Å². The van der Waals surface area contributed by atoms with Gasteiger partial charge in [-0.25, -0.2) is 4.98 Å². The monoisotopic (exact) mass is 361 g/mol. The number of fused-ring (bicyclic) bond motifs is 1. The number of hydrogen-bond donors (Lipinski definition) is 2. The molecule has 1 aliphatic rings. The van der Waals surface area contributed by atoms with Gasteiger partial charge in [0, 0.05) is 18.0 Å². The van der Waals surface area contributed by atoms with Gasteiger partial charge in [-0.2, -0.15) is 17.6 Å². The summed E-state index contributed by atoms with van der Waals surface area (Å²) in [6.45, 7) is 0. The van der Waals surface area contributed by atoms with E-state index in [1.165, 1.54) is 18.3 Å². The first-order valence-corrected chi connectivity index (χ1v) is 8.25. The van der Waals surface area contributed by atoms with E-state index < -0.39 is 18.1 Å². The summed E-state index contributed by atoms with van der Waals surface area (Å²) in [5.41, 5.74) is 0.573. The van der Waals surface area contributed by atoms with E-state index in [0.29, 0.717) is 11.4 Å². The Morgan fingerprint density at radius 3 is 2.73 bits per heavy atom. The molecule has 3 aromatic heterocycles. The van der Waals surface area contributed by atoms with E-state index in [1.54, 1.807) is 18.3 Å². The van der Waals surface area contributed by atoms with Gasteiger partial charge in [0.25, 0.3) is 11.7 Å². The van der Waals surface area contributed by atoms with Crippen LogP contribution in [0.15, 0.2) is 48.9 Å². The van der Waals surface area contributed by atoms with Crippen molar-refractivity contribution in [1.29, 1.82) is 0 Å². The summed E-state index contributed by atoms with van der Waals surface area (Å²) >= 11 is 0. The van der Waals surface area contributed by atoms with Crippen LogP contribution in [0.25, 0.3) is 5.52 Å². The summed E-state index contributed by atoms with van der Waals surface area (Å²) in [5.74, 6) is 0.352. The summed E-state index contributed by atoms with van der Waals surface area (Å²) in [4.78, 5) is 19.4. The van der Waals surface area contributed by atoms with Gasteiger partial charge in [0.15, 0.2) is 11.6 Å². The first kappa shape index (κ1) is 16.6. The van der Waals surface area contributed by atoms with Crippen LogP contribution >= 0.6 is 0 Å². The molecule has 1 unspecified atom stereocenters. The number of H-pyrrole nitrogens is 1. The minimum atomic E-state index is -4.63. The van der Waals surface area contributed by atoms with Crippen molar-refractivity contribution >= 4 is 11.4 Å². The maximum atomic E-state index is 13.5. The smallest absolute Gasteiger partial charge is 0.333 e. The molecule has 3 aromatic rings. The standard InChI is InChI=1S/C18H15F3N4O/c19-18(20,21)15(12-4-3-8-22-10-12)24-17(26)14-13-5-1-2-9-25(13)16(23-14)11-6-7-11/h1-5,8-11,15H,6-7H2,(H,24,26)/p+1. The third-order valence-corrected chi connectivity index (χ3v) is 4.44. The highest BCUT2D eigenvalue weighted by Gasteiger charge is 2.43. The lowest BCUT2D eigenvalue weighted by atomic mass is 10.1. The molecule has 0 bridgehead atoms. The maximum Gasteiger partial charge on any atom is 0.412 e. The molecule has 1 aliphatic carbocycles. The Hall–Kier alpha value is -2.90. The lowest BCUT2D eigenvalue weighted by Crippen LogP contribution is -2.38. The molecule has 2 N–H and O–H groups in total. The number of nitrogens with zero attached hydrogens (tertiary/aromatic N) is 2. The van der Waals surface area contributed by atoms with E-state index in [4.69, 9.17) is 0 Å². The molecule has 5 nitrogen and oxygen atoms in total. The van der Waals surface area contributed by atoms with Crippen molar-refractivity contribution in [2.45, 2.75) is 31.0 Å². The van der Waals surface area contributed by atoms with Crippen molar-refractivity contribution in [3.8, 4) is 0 Å². The zero-order valence-corrected chi connectivity index (χ0v) is 13.6. The topological polar surface area (TPSA) is 61.9 Å². The fourth-order valence-electron chi connectivity index (χ4n) is 3.04. The molecule has 0 saturated heterocycles. The number of imidazole rings is 1. The molecule has 3 heterocycles. The number of aromatic nitrogens is 3. The van der Waals surface area contributed by atoms with E-state index >= 15 is 0 Å². The third-order valence-electron chi connectivity index (χ3n) is 4.44. The molecule has 0 radical (unpaired) electrons. The molecule has 0 aliphatic heterocycles. The highest BCUT2D eigenvalue weighted by atomic mass is 19.4. The first-order chi connectivity index (χ1) is 12.4. The molecule has 8 heteroatoms. The van der Waals surface area contributed by atoms with Crippen molar-refractivity contribution in [1.82, 2.24) is 15.3 Å². The van der Waals surface area contributed by atoms with Gasteiger partial charge in [0.1, 0.15) is 0 Å². The molecule has 1 saturated carbocycles. The number of pyridine rings is 2. The third kappa shape index (κ3) is 3.02. The van der Waals surface area contributed by atoms with E-state index in [0.717, 1.165) is 24.9 Å². The Morgan fingerprint density at radius 2 is 2.08 bits per heavy atom. The molecule has 0 aromatic carbocycles. The van der Waals surface area contributed by atoms with E-state index in [2.05, 4.69) is 15.3 Å². The minimum Gasteiger partial charge on any atom is -0.333 e. The lowest BCUT2D eigenvalue weighted by Gasteiger charge is -2.20. The van der Waals surface area contributed by atoms with Crippen molar-refractivity contribution in [2.75, 3.05) is 0 Å². The van der Waals surface area contributed by atoms with Crippen LogP contribution in [0.3, 0.4) is 0 Å². The molecule has 1 atom stereocenters. The number of hydrogen-bond acceptors (Lipinski definition) is 2. The molecule has 4 rings (SSSR count). The van der Waals surface area contributed by atoms with Crippen LogP contribution in [0.1, 0.15) is 46.7 Å². The fraction of sp³-hybridized carbons (Fsp3) is 0.278. The zero-order chi connectivity index (χ0) is 18.3. The summed E-state index contributed by atoms with van der Waals surface area (Å²) in [6.07, 6.45) is 1.66. The number of carbonyl (C=O) groups excluding carboxylic acids is 1. The Bertz CT molecular complexity index is 948. The number of halogens is 3. The summed E-state index contributed by atoms with van der Waals surface area (Å²) < 4.78 is 42.3. The number of rotatable bonds is 4. The Balaban J connectivity index is 1.70. The van der Waals surface area contributed by atoms with Crippen LogP contribution in [0, 0.1) is 0 Å². The maximum absolute atomic E-state index is 13.5. The number of alkyl halides is 3. The van der Waals surface area contributed by atoms with Crippen molar-refractivity contribution in [3.63, 3.8) is 0 Å². The van der Waals surface area contributed by atoms with E-state index in [1.807, 2.05) is 10.5 Å². The summed E-state index contributed by atoms with van der Waals surface area (Å²) in [7, 11) is 0. The van der Waals surface area contributed by atoms with E-state index in [-0.39, 0.29) is 11.3 Å². The van der Waals surface area contributed by atoms with Crippen molar-refractivity contribution < 1.29 is 22.4 Å². The average Bonchev–Trinajstić information content (AvgIpc) is 3.39. The van der Waals surface area contributed by atoms with Crippen LogP contribution in [0.4, 0.5) is 13.2 Å². The lowest BCUT2D eigenvalue weighted by molar-refractivity contribution is -0.521. The van der Waals surface area contributed by atoms with Crippen LogP contribution in [0.5, 0.6) is 0 Å². The number of carbonyl (C=O) groups is 1. The highest BCUT2D eigenvalue weighted by Crippen LogP contribution is 2.38. The Kier molecular flexibility index (Phi) is 3.90. The predicted molar refractivity (Wildman–Crippen MR) is 86.4 cm³/mol. The van der Waals surface area contributed by atoms with Gasteiger partial charge in [-0.05, 0) is 31.0 Å². The van der Waals surface area contributed by atoms with Crippen molar-refractivity contribution in [3.05, 3.63) is 66.0 Å².